The fraction of sp³-hybridized carbons (Fsp3) is 0.0435. The van der Waals surface area contributed by atoms with Crippen molar-refractivity contribution in [1.29, 1.82) is 0 Å². The zero-order chi connectivity index (χ0) is 15.8. The molecule has 0 amide bonds. The SMILES string of the molecule is C#Cc1ccc(-c2cc3ccccc3c3ccccc23)cc1C. The van der Waals surface area contributed by atoms with E-state index in [0.29, 0.717) is 0 Å². The fourth-order valence-corrected chi connectivity index (χ4v) is 3.29. The summed E-state index contributed by atoms with van der Waals surface area (Å²) in [7, 11) is 0. The molecule has 4 aromatic rings. The van der Waals surface area contributed by atoms with Crippen LogP contribution in [0.15, 0.2) is 72.8 Å². The molecule has 0 fully saturated rings. The normalized spacial score (nSPS) is 10.8. The second kappa shape index (κ2) is 5.30. The minimum atomic E-state index is 0.957. The highest BCUT2D eigenvalue weighted by molar-refractivity contribution is 6.13. The van der Waals surface area contributed by atoms with E-state index >= 15 is 0 Å². The van der Waals surface area contributed by atoms with Gasteiger partial charge in [-0.05, 0) is 57.3 Å². The van der Waals surface area contributed by atoms with Crippen LogP contribution in [0.4, 0.5) is 0 Å². The summed E-state index contributed by atoms with van der Waals surface area (Å²) in [5, 5.41) is 5.13. The van der Waals surface area contributed by atoms with Gasteiger partial charge in [0.05, 0.1) is 0 Å². The van der Waals surface area contributed by atoms with Crippen LogP contribution in [0.2, 0.25) is 0 Å². The zero-order valence-corrected chi connectivity index (χ0v) is 13.0. The van der Waals surface area contributed by atoms with Gasteiger partial charge in [0, 0.05) is 5.56 Å². The highest BCUT2D eigenvalue weighted by Crippen LogP contribution is 2.35. The minimum absolute atomic E-state index is 0.957. The summed E-state index contributed by atoms with van der Waals surface area (Å²) in [6, 6.07) is 25.8. The molecule has 0 radical (unpaired) electrons. The van der Waals surface area contributed by atoms with E-state index in [1.165, 1.54) is 32.7 Å². The maximum atomic E-state index is 5.55. The van der Waals surface area contributed by atoms with E-state index in [4.69, 9.17) is 6.42 Å². The van der Waals surface area contributed by atoms with Crippen LogP contribution < -0.4 is 0 Å². The summed E-state index contributed by atoms with van der Waals surface area (Å²) in [6.45, 7) is 2.07. The molecule has 108 valence electrons. The Hall–Kier alpha value is -3.04. The van der Waals surface area contributed by atoms with Crippen LogP contribution in [0, 0.1) is 19.3 Å². The first-order valence-electron chi connectivity index (χ1n) is 7.76. The van der Waals surface area contributed by atoms with Crippen molar-refractivity contribution in [1.82, 2.24) is 0 Å². The second-order valence-electron chi connectivity index (χ2n) is 5.86. The number of hydrogen-bond donors (Lipinski definition) is 0. The average Bonchev–Trinajstić information content (AvgIpc) is 2.61. The average molecular weight is 292 g/mol. The number of hydrogen-bond acceptors (Lipinski definition) is 0. The van der Waals surface area contributed by atoms with E-state index in [1.54, 1.807) is 0 Å². The Morgan fingerprint density at radius 2 is 1.43 bits per heavy atom. The van der Waals surface area contributed by atoms with Gasteiger partial charge >= 0.3 is 0 Å². The summed E-state index contributed by atoms with van der Waals surface area (Å²) in [6.07, 6.45) is 5.55. The van der Waals surface area contributed by atoms with Crippen LogP contribution in [0.25, 0.3) is 32.7 Å². The summed E-state index contributed by atoms with van der Waals surface area (Å²) in [5.74, 6) is 2.74. The number of fused-ring (bicyclic) bond motifs is 3. The van der Waals surface area contributed by atoms with E-state index < -0.39 is 0 Å². The predicted molar refractivity (Wildman–Crippen MR) is 99.6 cm³/mol. The van der Waals surface area contributed by atoms with Crippen molar-refractivity contribution < 1.29 is 0 Å². The molecule has 0 aliphatic heterocycles. The highest BCUT2D eigenvalue weighted by atomic mass is 14.1. The molecule has 0 N–H and O–H groups in total. The molecule has 4 aromatic carbocycles. The predicted octanol–water partition coefficient (Wildman–Crippen LogP) is 5.95. The summed E-state index contributed by atoms with van der Waals surface area (Å²) in [5.41, 5.74) is 4.57. The molecule has 0 unspecified atom stereocenters. The van der Waals surface area contributed by atoms with Gasteiger partial charge in [-0.25, -0.2) is 0 Å². The monoisotopic (exact) mass is 292 g/mol. The van der Waals surface area contributed by atoms with Gasteiger partial charge < -0.3 is 0 Å². The van der Waals surface area contributed by atoms with Crippen molar-refractivity contribution in [3.63, 3.8) is 0 Å². The van der Waals surface area contributed by atoms with E-state index in [-0.39, 0.29) is 0 Å². The largest absolute Gasteiger partial charge is 0.115 e. The molecule has 0 nitrogen and oxygen atoms in total. The second-order valence-corrected chi connectivity index (χ2v) is 5.86. The van der Waals surface area contributed by atoms with Gasteiger partial charge in [0.25, 0.3) is 0 Å². The van der Waals surface area contributed by atoms with Crippen molar-refractivity contribution >= 4 is 21.5 Å². The molecule has 0 atom stereocenters. The van der Waals surface area contributed by atoms with E-state index in [1.807, 2.05) is 6.07 Å². The standard InChI is InChI=1S/C23H16/c1-3-17-12-13-19(14-16(17)2)23-15-18-8-4-5-9-20(18)21-10-6-7-11-22(21)23/h1,4-15H,2H3. The van der Waals surface area contributed by atoms with E-state index in [9.17, 15) is 0 Å². The van der Waals surface area contributed by atoms with Gasteiger partial charge in [-0.15, -0.1) is 6.42 Å². The molecule has 0 saturated carbocycles. The quantitative estimate of drug-likeness (QED) is 0.300. The Bertz CT molecular complexity index is 1080. The molecule has 0 saturated heterocycles. The lowest BCUT2D eigenvalue weighted by atomic mass is 9.92. The van der Waals surface area contributed by atoms with Gasteiger partial charge in [-0.1, -0.05) is 66.6 Å². The smallest absolute Gasteiger partial charge is 0.0272 e. The van der Waals surface area contributed by atoms with Crippen LogP contribution in [0.3, 0.4) is 0 Å². The molecule has 0 aliphatic rings. The molecule has 0 bridgehead atoms. The van der Waals surface area contributed by atoms with Crippen molar-refractivity contribution in [2.75, 3.05) is 0 Å². The van der Waals surface area contributed by atoms with Crippen LogP contribution >= 0.6 is 0 Å². The van der Waals surface area contributed by atoms with Gasteiger partial charge in [0.2, 0.25) is 0 Å². The summed E-state index contributed by atoms with van der Waals surface area (Å²) >= 11 is 0. The van der Waals surface area contributed by atoms with E-state index in [2.05, 4.69) is 79.6 Å². The van der Waals surface area contributed by atoms with Crippen molar-refractivity contribution in [3.8, 4) is 23.5 Å². The van der Waals surface area contributed by atoms with E-state index in [0.717, 1.165) is 11.1 Å². The van der Waals surface area contributed by atoms with Gasteiger partial charge in [-0.3, -0.25) is 0 Å². The first-order valence-corrected chi connectivity index (χ1v) is 7.76. The maximum absolute atomic E-state index is 5.55. The van der Waals surface area contributed by atoms with Crippen LogP contribution in [0.1, 0.15) is 11.1 Å². The van der Waals surface area contributed by atoms with Gasteiger partial charge in [-0.2, -0.15) is 0 Å². The Kier molecular flexibility index (Phi) is 3.14. The third-order valence-corrected chi connectivity index (χ3v) is 4.46. The lowest BCUT2D eigenvalue weighted by Gasteiger charge is -2.12. The lowest BCUT2D eigenvalue weighted by molar-refractivity contribution is 1.44. The first-order chi connectivity index (χ1) is 11.3. The Labute approximate surface area is 136 Å². The van der Waals surface area contributed by atoms with Crippen LogP contribution in [-0.4, -0.2) is 0 Å². The number of terminal acetylenes is 1. The third-order valence-electron chi connectivity index (χ3n) is 4.46. The van der Waals surface area contributed by atoms with Crippen molar-refractivity contribution in [2.24, 2.45) is 0 Å². The third kappa shape index (κ3) is 2.18. The van der Waals surface area contributed by atoms with Crippen molar-refractivity contribution in [2.45, 2.75) is 6.92 Å². The molecule has 0 heteroatoms. The minimum Gasteiger partial charge on any atom is -0.115 e. The van der Waals surface area contributed by atoms with Crippen LogP contribution in [-0.2, 0) is 0 Å². The van der Waals surface area contributed by atoms with Crippen LogP contribution in [0.5, 0.6) is 0 Å². The molecule has 4 rings (SSSR count). The molecule has 0 spiro atoms. The number of benzene rings is 4. The Morgan fingerprint density at radius 1 is 0.739 bits per heavy atom. The van der Waals surface area contributed by atoms with Gasteiger partial charge in [0.15, 0.2) is 0 Å². The zero-order valence-electron chi connectivity index (χ0n) is 13.0. The molecule has 0 aliphatic carbocycles. The summed E-state index contributed by atoms with van der Waals surface area (Å²) < 4.78 is 0. The molecule has 0 aromatic heterocycles. The molecular weight excluding hydrogens is 276 g/mol. The summed E-state index contributed by atoms with van der Waals surface area (Å²) in [4.78, 5) is 0. The highest BCUT2D eigenvalue weighted by Gasteiger charge is 2.09. The number of rotatable bonds is 1. The topological polar surface area (TPSA) is 0 Å². The van der Waals surface area contributed by atoms with Crippen molar-refractivity contribution in [3.05, 3.63) is 83.9 Å². The number of aryl methyl sites for hydroxylation is 1. The lowest BCUT2D eigenvalue weighted by Crippen LogP contribution is -1.87. The molecule has 23 heavy (non-hydrogen) atoms. The van der Waals surface area contributed by atoms with Gasteiger partial charge in [0.1, 0.15) is 0 Å². The maximum Gasteiger partial charge on any atom is 0.0272 e. The Balaban J connectivity index is 2.10. The Morgan fingerprint density at radius 3 is 2.17 bits per heavy atom. The first kappa shape index (κ1) is 13.6. The molecule has 0 heterocycles. The fourth-order valence-electron chi connectivity index (χ4n) is 3.29. The molecular formula is C23H16.